The predicted molar refractivity (Wildman–Crippen MR) is 56.8 cm³/mol. The number of imidazole rings is 1. The van der Waals surface area contributed by atoms with Gasteiger partial charge >= 0.3 is 5.97 Å². The SMILES string of the molecule is O=C(O)/C=C/c1c(Cl)nc2c(F)cccn12. The number of hydrogen-bond donors (Lipinski definition) is 1. The zero-order valence-electron chi connectivity index (χ0n) is 7.89. The van der Waals surface area contributed by atoms with E-state index in [1.165, 1.54) is 22.6 Å². The number of pyridine rings is 1. The summed E-state index contributed by atoms with van der Waals surface area (Å²) in [7, 11) is 0. The number of carbonyl (C=O) groups is 1. The number of aromatic nitrogens is 2. The van der Waals surface area contributed by atoms with Gasteiger partial charge in [0.25, 0.3) is 0 Å². The van der Waals surface area contributed by atoms with E-state index in [0.29, 0.717) is 5.69 Å². The first kappa shape index (κ1) is 10.6. The summed E-state index contributed by atoms with van der Waals surface area (Å²) in [6.07, 6.45) is 3.74. The van der Waals surface area contributed by atoms with Crippen LogP contribution in [0.3, 0.4) is 0 Å². The van der Waals surface area contributed by atoms with Crippen LogP contribution in [-0.2, 0) is 4.79 Å². The highest BCUT2D eigenvalue weighted by molar-refractivity contribution is 6.31. The topological polar surface area (TPSA) is 54.6 Å². The number of hydrogen-bond acceptors (Lipinski definition) is 2. The van der Waals surface area contributed by atoms with Crippen LogP contribution in [0.2, 0.25) is 5.15 Å². The van der Waals surface area contributed by atoms with Crippen LogP contribution >= 0.6 is 11.6 Å². The highest BCUT2D eigenvalue weighted by Gasteiger charge is 2.10. The van der Waals surface area contributed by atoms with Gasteiger partial charge in [-0.25, -0.2) is 14.2 Å². The molecule has 82 valence electrons. The average Bonchev–Trinajstić information content (AvgIpc) is 2.53. The van der Waals surface area contributed by atoms with Gasteiger partial charge in [0.15, 0.2) is 16.6 Å². The molecular weight excluding hydrogens is 235 g/mol. The summed E-state index contributed by atoms with van der Waals surface area (Å²) in [5, 5.41) is 8.55. The van der Waals surface area contributed by atoms with Gasteiger partial charge in [-0.3, -0.25) is 4.40 Å². The molecule has 0 saturated heterocycles. The van der Waals surface area contributed by atoms with Gasteiger partial charge in [0.2, 0.25) is 0 Å². The van der Waals surface area contributed by atoms with Crippen LogP contribution in [0.5, 0.6) is 0 Å². The fraction of sp³-hybridized carbons (Fsp3) is 0. The number of carboxylic acid groups (broad SMARTS) is 1. The Kier molecular flexibility index (Phi) is 2.62. The van der Waals surface area contributed by atoms with Crippen LogP contribution in [0, 0.1) is 5.82 Å². The Labute approximate surface area is 94.6 Å². The quantitative estimate of drug-likeness (QED) is 0.819. The molecule has 0 aliphatic rings. The Morgan fingerprint density at radius 1 is 1.62 bits per heavy atom. The number of nitrogens with zero attached hydrogens (tertiary/aromatic N) is 2. The Balaban J connectivity index is 2.65. The molecular formula is C10H6ClFN2O2. The maximum atomic E-state index is 13.3. The molecule has 0 saturated carbocycles. The van der Waals surface area contributed by atoms with Gasteiger partial charge in [0, 0.05) is 12.3 Å². The van der Waals surface area contributed by atoms with E-state index in [-0.39, 0.29) is 10.8 Å². The molecule has 0 aromatic carbocycles. The molecule has 2 aromatic heterocycles. The Morgan fingerprint density at radius 2 is 2.38 bits per heavy atom. The van der Waals surface area contributed by atoms with Crippen LogP contribution in [0.15, 0.2) is 24.4 Å². The molecule has 2 heterocycles. The summed E-state index contributed by atoms with van der Waals surface area (Å²) in [4.78, 5) is 14.2. The Morgan fingerprint density at radius 3 is 3.06 bits per heavy atom. The van der Waals surface area contributed by atoms with Gasteiger partial charge in [0.05, 0.1) is 5.69 Å². The third-order valence-corrected chi connectivity index (χ3v) is 2.26. The number of fused-ring (bicyclic) bond motifs is 1. The number of rotatable bonds is 2. The van der Waals surface area contributed by atoms with E-state index in [9.17, 15) is 9.18 Å². The van der Waals surface area contributed by atoms with E-state index in [1.807, 2.05) is 0 Å². The lowest BCUT2D eigenvalue weighted by molar-refractivity contribution is -0.131. The lowest BCUT2D eigenvalue weighted by Gasteiger charge is -1.96. The molecule has 6 heteroatoms. The second kappa shape index (κ2) is 3.94. The maximum absolute atomic E-state index is 13.3. The second-order valence-corrected chi connectivity index (χ2v) is 3.37. The van der Waals surface area contributed by atoms with Crippen molar-refractivity contribution in [2.24, 2.45) is 0 Å². The minimum absolute atomic E-state index is 0.0580. The van der Waals surface area contributed by atoms with E-state index in [0.717, 1.165) is 6.08 Å². The summed E-state index contributed by atoms with van der Waals surface area (Å²) in [6, 6.07) is 2.74. The number of halogens is 2. The number of carboxylic acids is 1. The zero-order valence-corrected chi connectivity index (χ0v) is 8.65. The molecule has 0 fully saturated rings. The van der Waals surface area contributed by atoms with Gasteiger partial charge in [-0.2, -0.15) is 0 Å². The highest BCUT2D eigenvalue weighted by atomic mass is 35.5. The van der Waals surface area contributed by atoms with Gasteiger partial charge in [-0.1, -0.05) is 11.6 Å². The van der Waals surface area contributed by atoms with E-state index in [1.54, 1.807) is 6.20 Å². The van der Waals surface area contributed by atoms with Crippen LogP contribution in [0.25, 0.3) is 11.7 Å². The van der Waals surface area contributed by atoms with Gasteiger partial charge in [0.1, 0.15) is 0 Å². The molecule has 0 unspecified atom stereocenters. The van der Waals surface area contributed by atoms with Crippen LogP contribution in [0.1, 0.15) is 5.69 Å². The van der Waals surface area contributed by atoms with Gasteiger partial charge < -0.3 is 5.11 Å². The first-order chi connectivity index (χ1) is 7.59. The molecule has 0 amide bonds. The first-order valence-corrected chi connectivity index (χ1v) is 4.70. The van der Waals surface area contributed by atoms with Crippen molar-refractivity contribution in [1.29, 1.82) is 0 Å². The summed E-state index contributed by atoms with van der Waals surface area (Å²) in [6.45, 7) is 0. The first-order valence-electron chi connectivity index (χ1n) is 4.32. The number of aliphatic carboxylic acids is 1. The normalized spacial score (nSPS) is 11.4. The molecule has 0 aliphatic carbocycles. The van der Waals surface area contributed by atoms with E-state index >= 15 is 0 Å². The second-order valence-electron chi connectivity index (χ2n) is 3.01. The van der Waals surface area contributed by atoms with Crippen LogP contribution in [-0.4, -0.2) is 20.5 Å². The van der Waals surface area contributed by atoms with Gasteiger partial charge in [-0.15, -0.1) is 0 Å². The van der Waals surface area contributed by atoms with Crippen molar-refractivity contribution < 1.29 is 14.3 Å². The van der Waals surface area contributed by atoms with Crippen LogP contribution < -0.4 is 0 Å². The standard InChI is InChI=1S/C10H6ClFN2O2/c11-9-7(3-4-8(15)16)14-5-1-2-6(12)10(14)13-9/h1-5H,(H,15,16)/b4-3+. The summed E-state index contributed by atoms with van der Waals surface area (Å²) in [5.74, 6) is -1.62. The van der Waals surface area contributed by atoms with E-state index in [4.69, 9.17) is 16.7 Å². The molecule has 2 rings (SSSR count). The third kappa shape index (κ3) is 1.77. The minimum Gasteiger partial charge on any atom is -0.478 e. The lowest BCUT2D eigenvalue weighted by atomic mass is 10.4. The summed E-state index contributed by atoms with van der Waals surface area (Å²) in [5.41, 5.74) is 0.399. The van der Waals surface area contributed by atoms with Crippen molar-refractivity contribution in [3.8, 4) is 0 Å². The van der Waals surface area contributed by atoms with E-state index < -0.39 is 11.8 Å². The fourth-order valence-corrected chi connectivity index (χ4v) is 1.56. The molecule has 0 bridgehead atoms. The summed E-state index contributed by atoms with van der Waals surface area (Å²) < 4.78 is 14.7. The smallest absolute Gasteiger partial charge is 0.328 e. The fourth-order valence-electron chi connectivity index (χ4n) is 1.32. The predicted octanol–water partition coefficient (Wildman–Crippen LogP) is 2.22. The molecule has 0 spiro atoms. The molecule has 2 aromatic rings. The third-order valence-electron chi connectivity index (χ3n) is 1.98. The van der Waals surface area contributed by atoms with Crippen molar-refractivity contribution >= 4 is 29.3 Å². The Hall–Kier alpha value is -1.88. The monoisotopic (exact) mass is 240 g/mol. The molecule has 1 N–H and O–H groups in total. The molecule has 16 heavy (non-hydrogen) atoms. The maximum Gasteiger partial charge on any atom is 0.328 e. The molecule has 0 atom stereocenters. The van der Waals surface area contributed by atoms with Crippen LogP contribution in [0.4, 0.5) is 4.39 Å². The molecule has 4 nitrogen and oxygen atoms in total. The van der Waals surface area contributed by atoms with E-state index in [2.05, 4.69) is 4.98 Å². The van der Waals surface area contributed by atoms with Gasteiger partial charge in [-0.05, 0) is 18.2 Å². The van der Waals surface area contributed by atoms with Crippen molar-refractivity contribution in [3.63, 3.8) is 0 Å². The average molecular weight is 241 g/mol. The van der Waals surface area contributed by atoms with Crippen molar-refractivity contribution in [2.45, 2.75) is 0 Å². The molecule has 0 aliphatic heterocycles. The Bertz CT molecular complexity index is 592. The largest absolute Gasteiger partial charge is 0.478 e. The van der Waals surface area contributed by atoms with Crippen molar-refractivity contribution in [2.75, 3.05) is 0 Å². The highest BCUT2D eigenvalue weighted by Crippen LogP contribution is 2.20. The lowest BCUT2D eigenvalue weighted by Crippen LogP contribution is -1.91. The van der Waals surface area contributed by atoms with Crippen molar-refractivity contribution in [1.82, 2.24) is 9.38 Å². The summed E-state index contributed by atoms with van der Waals surface area (Å²) >= 11 is 5.78. The van der Waals surface area contributed by atoms with Crippen molar-refractivity contribution in [3.05, 3.63) is 41.1 Å². The molecule has 0 radical (unpaired) electrons. The minimum atomic E-state index is -1.11. The zero-order chi connectivity index (χ0) is 11.7.